The van der Waals surface area contributed by atoms with Crippen LogP contribution in [0.1, 0.15) is 53.4 Å². The van der Waals surface area contributed by atoms with Crippen molar-refractivity contribution in [3.8, 4) is 0 Å². The highest BCUT2D eigenvalue weighted by atomic mass is 32.2. The molecule has 2 rings (SSSR count). The molecule has 2 heterocycles. The Morgan fingerprint density at radius 2 is 1.41 bits per heavy atom. The summed E-state index contributed by atoms with van der Waals surface area (Å²) >= 11 is 0. The summed E-state index contributed by atoms with van der Waals surface area (Å²) in [5.74, 6) is 3.50. The minimum atomic E-state index is -2.85. The van der Waals surface area contributed by atoms with Crippen molar-refractivity contribution in [1.29, 1.82) is 0 Å². The fraction of sp³-hybridized carbons (Fsp3) is 1.00. The molecule has 4 nitrogen and oxygen atoms in total. The zero-order chi connectivity index (χ0) is 16.6. The summed E-state index contributed by atoms with van der Waals surface area (Å²) in [7, 11) is -4.97. The van der Waals surface area contributed by atoms with Gasteiger partial charge in [-0.25, -0.2) is 17.0 Å². The van der Waals surface area contributed by atoms with Crippen molar-refractivity contribution in [2.24, 2.45) is 22.1 Å². The lowest BCUT2D eigenvalue weighted by Gasteiger charge is -2.36. The fourth-order valence-electron chi connectivity index (χ4n) is 3.78. The standard InChI is InChI=1S/C16H31NO3S2/c1-13(2)14-5-9-21(18,10-6-14)17-16(3,4)15-7-11-22(19,20)12-8-15/h13-15H,5-12H2,1-4H3. The first-order valence-corrected chi connectivity index (χ1v) is 12.1. The maximum Gasteiger partial charge on any atom is 0.150 e. The number of sulfone groups is 1. The predicted octanol–water partition coefficient (Wildman–Crippen LogP) is 3.12. The molecule has 6 heteroatoms. The molecule has 0 saturated carbocycles. The van der Waals surface area contributed by atoms with Crippen LogP contribution in [0.3, 0.4) is 0 Å². The summed E-state index contributed by atoms with van der Waals surface area (Å²) in [5.41, 5.74) is -0.377. The van der Waals surface area contributed by atoms with Crippen LogP contribution in [-0.4, -0.2) is 41.2 Å². The van der Waals surface area contributed by atoms with Crippen molar-refractivity contribution >= 4 is 19.6 Å². The maximum atomic E-state index is 13.1. The topological polar surface area (TPSA) is 63.6 Å². The molecule has 130 valence electrons. The van der Waals surface area contributed by atoms with Gasteiger partial charge < -0.3 is 0 Å². The van der Waals surface area contributed by atoms with E-state index in [9.17, 15) is 12.6 Å². The Labute approximate surface area is 136 Å². The van der Waals surface area contributed by atoms with Crippen LogP contribution in [0.15, 0.2) is 4.36 Å². The number of hydrogen-bond acceptors (Lipinski definition) is 4. The van der Waals surface area contributed by atoms with E-state index in [0.717, 1.165) is 12.8 Å². The van der Waals surface area contributed by atoms with Crippen LogP contribution in [0, 0.1) is 17.8 Å². The molecule has 2 saturated heterocycles. The number of rotatable bonds is 3. The van der Waals surface area contributed by atoms with Gasteiger partial charge in [-0.05, 0) is 57.3 Å². The summed E-state index contributed by atoms with van der Waals surface area (Å²) in [6.07, 6.45) is 3.33. The van der Waals surface area contributed by atoms with E-state index in [0.29, 0.717) is 36.2 Å². The Kier molecular flexibility index (Phi) is 5.32. The summed E-state index contributed by atoms with van der Waals surface area (Å²) in [4.78, 5) is 0. The average molecular weight is 350 g/mol. The normalized spacial score (nSPS) is 33.8. The summed E-state index contributed by atoms with van der Waals surface area (Å²) in [5, 5.41) is 0. The molecule has 0 N–H and O–H groups in total. The van der Waals surface area contributed by atoms with E-state index in [1.54, 1.807) is 0 Å². The van der Waals surface area contributed by atoms with Gasteiger partial charge in [0.15, 0.2) is 0 Å². The first-order valence-electron chi connectivity index (χ1n) is 8.47. The third kappa shape index (κ3) is 4.47. The van der Waals surface area contributed by atoms with Crippen LogP contribution < -0.4 is 0 Å². The van der Waals surface area contributed by atoms with Crippen LogP contribution in [0.25, 0.3) is 0 Å². The Morgan fingerprint density at radius 1 is 0.909 bits per heavy atom. The highest BCUT2D eigenvalue weighted by Crippen LogP contribution is 2.35. The van der Waals surface area contributed by atoms with E-state index < -0.39 is 19.6 Å². The second kappa shape index (κ2) is 6.42. The van der Waals surface area contributed by atoms with Crippen molar-refractivity contribution < 1.29 is 12.6 Å². The lowest BCUT2D eigenvalue weighted by Crippen LogP contribution is -2.38. The van der Waals surface area contributed by atoms with Gasteiger partial charge in [0, 0.05) is 21.2 Å². The summed E-state index contributed by atoms with van der Waals surface area (Å²) in [6.45, 7) is 8.55. The second-order valence-electron chi connectivity index (χ2n) is 7.93. The monoisotopic (exact) mass is 349 g/mol. The SMILES string of the molecule is CC(C)C1CCS(=O)(=NC(C)(C)C2CCS(=O)(=O)CC2)CC1. The van der Waals surface area contributed by atoms with Gasteiger partial charge >= 0.3 is 0 Å². The van der Waals surface area contributed by atoms with Gasteiger partial charge in [-0.1, -0.05) is 13.8 Å². The van der Waals surface area contributed by atoms with Gasteiger partial charge in [-0.3, -0.25) is 0 Å². The van der Waals surface area contributed by atoms with Gasteiger partial charge in [0.05, 0.1) is 17.0 Å². The molecule has 0 bridgehead atoms. The Morgan fingerprint density at radius 3 is 1.86 bits per heavy atom. The van der Waals surface area contributed by atoms with E-state index in [-0.39, 0.29) is 23.0 Å². The third-order valence-electron chi connectivity index (χ3n) is 5.51. The van der Waals surface area contributed by atoms with Crippen molar-refractivity contribution in [1.82, 2.24) is 0 Å². The molecule has 0 aromatic heterocycles. The Hall–Kier alpha value is -0.100. The van der Waals surface area contributed by atoms with Crippen LogP contribution >= 0.6 is 0 Å². The fourth-order valence-corrected chi connectivity index (χ4v) is 8.00. The second-order valence-corrected chi connectivity index (χ2v) is 12.8. The van der Waals surface area contributed by atoms with Crippen molar-refractivity contribution in [2.75, 3.05) is 23.0 Å². The average Bonchev–Trinajstić information content (AvgIpc) is 2.37. The molecule has 2 aliphatic rings. The van der Waals surface area contributed by atoms with E-state index in [1.807, 2.05) is 13.8 Å². The van der Waals surface area contributed by atoms with Gasteiger partial charge in [0.25, 0.3) is 0 Å². The molecule has 22 heavy (non-hydrogen) atoms. The highest BCUT2D eigenvalue weighted by molar-refractivity contribution is 7.93. The molecule has 0 aromatic carbocycles. The molecular formula is C16H31NO3S2. The quantitative estimate of drug-likeness (QED) is 0.786. The number of hydrogen-bond donors (Lipinski definition) is 0. The van der Waals surface area contributed by atoms with Crippen molar-refractivity contribution in [2.45, 2.75) is 58.9 Å². The molecule has 0 unspecified atom stereocenters. The zero-order valence-electron chi connectivity index (χ0n) is 14.4. The smallest absolute Gasteiger partial charge is 0.150 e. The molecule has 0 aliphatic carbocycles. The molecular weight excluding hydrogens is 318 g/mol. The number of nitrogens with zero attached hydrogens (tertiary/aromatic N) is 1. The predicted molar refractivity (Wildman–Crippen MR) is 93.3 cm³/mol. The van der Waals surface area contributed by atoms with Gasteiger partial charge in [0.2, 0.25) is 0 Å². The minimum Gasteiger partial charge on any atom is -0.250 e. The van der Waals surface area contributed by atoms with Gasteiger partial charge in [-0.2, -0.15) is 0 Å². The minimum absolute atomic E-state index is 0.233. The molecule has 2 fully saturated rings. The molecule has 0 spiro atoms. The molecule has 0 atom stereocenters. The Balaban J connectivity index is 2.09. The van der Waals surface area contributed by atoms with Crippen molar-refractivity contribution in [3.05, 3.63) is 0 Å². The lowest BCUT2D eigenvalue weighted by atomic mass is 9.84. The van der Waals surface area contributed by atoms with Crippen LogP contribution in [0.5, 0.6) is 0 Å². The van der Waals surface area contributed by atoms with E-state index in [1.165, 1.54) is 0 Å². The van der Waals surface area contributed by atoms with Crippen LogP contribution in [0.4, 0.5) is 0 Å². The molecule has 2 aliphatic heterocycles. The van der Waals surface area contributed by atoms with E-state index >= 15 is 0 Å². The van der Waals surface area contributed by atoms with Gasteiger partial charge in [-0.15, -0.1) is 0 Å². The first-order chi connectivity index (χ1) is 10.0. The van der Waals surface area contributed by atoms with Gasteiger partial charge in [0.1, 0.15) is 9.84 Å². The molecule has 0 amide bonds. The Bertz CT molecular complexity index is 585. The first kappa shape index (κ1) is 18.2. The largest absolute Gasteiger partial charge is 0.250 e. The summed E-state index contributed by atoms with van der Waals surface area (Å²) in [6, 6.07) is 0. The van der Waals surface area contributed by atoms with E-state index in [2.05, 4.69) is 13.8 Å². The third-order valence-corrected chi connectivity index (χ3v) is 9.78. The lowest BCUT2D eigenvalue weighted by molar-refractivity contribution is 0.299. The van der Waals surface area contributed by atoms with Crippen molar-refractivity contribution in [3.63, 3.8) is 0 Å². The maximum absolute atomic E-state index is 13.1. The van der Waals surface area contributed by atoms with Crippen LogP contribution in [-0.2, 0) is 19.6 Å². The molecule has 0 aromatic rings. The highest BCUT2D eigenvalue weighted by Gasteiger charge is 2.36. The summed E-state index contributed by atoms with van der Waals surface area (Å²) < 4.78 is 41.1. The zero-order valence-corrected chi connectivity index (χ0v) is 16.0. The van der Waals surface area contributed by atoms with Crippen LogP contribution in [0.2, 0.25) is 0 Å². The molecule has 0 radical (unpaired) electrons. The van der Waals surface area contributed by atoms with E-state index in [4.69, 9.17) is 4.36 Å².